The Kier molecular flexibility index (Phi) is 6.61. The number of carbonyl (C=O) groups excluding carboxylic acids is 2. The van der Waals surface area contributed by atoms with Gasteiger partial charge in [0.1, 0.15) is 5.37 Å². The second-order valence-corrected chi connectivity index (χ2v) is 10.4. The Morgan fingerprint density at radius 1 is 0.970 bits per heavy atom. The van der Waals surface area contributed by atoms with E-state index in [9.17, 15) is 9.59 Å². The van der Waals surface area contributed by atoms with E-state index < -0.39 is 0 Å². The summed E-state index contributed by atoms with van der Waals surface area (Å²) in [6, 6.07) is 23.7. The summed E-state index contributed by atoms with van der Waals surface area (Å²) in [6.07, 6.45) is 0.947. The molecular weight excluding hydrogens is 428 g/mol. The Bertz CT molecular complexity index is 1130. The lowest BCUT2D eigenvalue weighted by molar-refractivity contribution is -0.115. The lowest BCUT2D eigenvalue weighted by atomic mass is 9.87. The summed E-state index contributed by atoms with van der Waals surface area (Å²) in [5.41, 5.74) is 5.84. The Morgan fingerprint density at radius 2 is 1.61 bits per heavy atom. The molecule has 1 N–H and O–H groups in total. The maximum absolute atomic E-state index is 12.7. The highest BCUT2D eigenvalue weighted by atomic mass is 32.2. The third-order valence-electron chi connectivity index (χ3n) is 5.96. The molecule has 0 unspecified atom stereocenters. The van der Waals surface area contributed by atoms with E-state index in [-0.39, 0.29) is 22.6 Å². The molecule has 3 aromatic rings. The van der Waals surface area contributed by atoms with E-state index in [2.05, 4.69) is 45.1 Å². The Labute approximate surface area is 200 Å². The molecule has 0 aliphatic carbocycles. The first-order valence-corrected chi connectivity index (χ1v) is 12.4. The van der Waals surface area contributed by atoms with Gasteiger partial charge in [0, 0.05) is 16.9 Å². The minimum absolute atomic E-state index is 0.0694. The maximum atomic E-state index is 12.7. The van der Waals surface area contributed by atoms with Crippen molar-refractivity contribution in [3.63, 3.8) is 0 Å². The molecule has 170 valence electrons. The smallest absolute Gasteiger partial charge is 0.255 e. The van der Waals surface area contributed by atoms with Crippen LogP contribution in [0.2, 0.25) is 0 Å². The van der Waals surface area contributed by atoms with Crippen molar-refractivity contribution < 1.29 is 9.59 Å². The van der Waals surface area contributed by atoms with Crippen molar-refractivity contribution in [2.24, 2.45) is 0 Å². The van der Waals surface area contributed by atoms with Crippen molar-refractivity contribution in [2.45, 2.75) is 44.9 Å². The zero-order chi connectivity index (χ0) is 23.6. The third kappa shape index (κ3) is 5.14. The van der Waals surface area contributed by atoms with Gasteiger partial charge in [0.25, 0.3) is 5.91 Å². The molecule has 0 radical (unpaired) electrons. The highest BCUT2D eigenvalue weighted by molar-refractivity contribution is 8.00. The number of thioether (sulfide) groups is 1. The number of anilines is 2. The molecule has 0 aromatic heterocycles. The van der Waals surface area contributed by atoms with Gasteiger partial charge < -0.3 is 5.32 Å². The van der Waals surface area contributed by atoms with Crippen LogP contribution in [-0.2, 0) is 16.6 Å². The molecule has 4 rings (SSSR count). The summed E-state index contributed by atoms with van der Waals surface area (Å²) in [5.74, 6) is 0.440. The number of nitrogens with zero attached hydrogens (tertiary/aromatic N) is 1. The maximum Gasteiger partial charge on any atom is 0.255 e. The van der Waals surface area contributed by atoms with Gasteiger partial charge in [-0.25, -0.2) is 0 Å². The minimum Gasteiger partial charge on any atom is -0.322 e. The molecule has 1 fully saturated rings. The number of hydrogen-bond donors (Lipinski definition) is 1. The lowest BCUT2D eigenvalue weighted by Gasteiger charge is -2.26. The molecular formula is C28H30N2O2S. The molecule has 3 aromatic carbocycles. The van der Waals surface area contributed by atoms with Crippen molar-refractivity contribution >= 4 is 35.0 Å². The van der Waals surface area contributed by atoms with Gasteiger partial charge in [0.2, 0.25) is 5.91 Å². The largest absolute Gasteiger partial charge is 0.322 e. The molecule has 1 aliphatic rings. The fraction of sp³-hybridized carbons (Fsp3) is 0.286. The summed E-state index contributed by atoms with van der Waals surface area (Å²) in [7, 11) is 0. The number of rotatable bonds is 5. The predicted molar refractivity (Wildman–Crippen MR) is 138 cm³/mol. The van der Waals surface area contributed by atoms with Crippen LogP contribution in [-0.4, -0.2) is 17.6 Å². The monoisotopic (exact) mass is 458 g/mol. The third-order valence-corrected chi connectivity index (χ3v) is 7.17. The van der Waals surface area contributed by atoms with E-state index in [0.29, 0.717) is 11.3 Å². The van der Waals surface area contributed by atoms with E-state index in [0.717, 1.165) is 23.4 Å². The van der Waals surface area contributed by atoms with Gasteiger partial charge in [0.15, 0.2) is 0 Å². The van der Waals surface area contributed by atoms with Crippen LogP contribution in [0.4, 0.5) is 11.4 Å². The Balaban J connectivity index is 1.49. The molecule has 2 amide bonds. The lowest BCUT2D eigenvalue weighted by Crippen LogP contribution is -2.28. The van der Waals surface area contributed by atoms with Crippen LogP contribution in [0.3, 0.4) is 0 Å². The molecule has 1 saturated heterocycles. The number of benzene rings is 3. The van der Waals surface area contributed by atoms with E-state index >= 15 is 0 Å². The van der Waals surface area contributed by atoms with Crippen molar-refractivity contribution in [3.8, 4) is 0 Å². The van der Waals surface area contributed by atoms with Crippen LogP contribution in [0.5, 0.6) is 0 Å². The van der Waals surface area contributed by atoms with E-state index in [4.69, 9.17) is 0 Å². The van der Waals surface area contributed by atoms with E-state index in [1.165, 1.54) is 11.1 Å². The Morgan fingerprint density at radius 3 is 2.18 bits per heavy atom. The van der Waals surface area contributed by atoms with Crippen LogP contribution >= 0.6 is 11.8 Å². The van der Waals surface area contributed by atoms with Crippen molar-refractivity contribution in [1.29, 1.82) is 0 Å². The van der Waals surface area contributed by atoms with Gasteiger partial charge >= 0.3 is 0 Å². The van der Waals surface area contributed by atoms with E-state index in [1.54, 1.807) is 11.8 Å². The fourth-order valence-electron chi connectivity index (χ4n) is 3.90. The zero-order valence-electron chi connectivity index (χ0n) is 19.6. The number of carbonyl (C=O) groups is 2. The van der Waals surface area contributed by atoms with Crippen LogP contribution in [0, 0.1) is 0 Å². The molecule has 33 heavy (non-hydrogen) atoms. The second kappa shape index (κ2) is 9.44. The summed E-state index contributed by atoms with van der Waals surface area (Å²) >= 11 is 1.63. The molecule has 0 saturated carbocycles. The summed E-state index contributed by atoms with van der Waals surface area (Å²) in [6.45, 7) is 8.64. The SMILES string of the molecule is CCc1ccc(C(=O)Nc2ccc([C@H]3SCC(=O)N3c3ccc(C(C)(C)C)cc3)cc2)cc1. The fourth-order valence-corrected chi connectivity index (χ4v) is 5.08. The molecule has 1 aliphatic heterocycles. The average molecular weight is 459 g/mol. The number of nitrogens with one attached hydrogen (secondary N) is 1. The molecule has 5 heteroatoms. The molecule has 0 bridgehead atoms. The second-order valence-electron chi connectivity index (χ2n) is 9.35. The minimum atomic E-state index is -0.128. The predicted octanol–water partition coefficient (Wildman–Crippen LogP) is 6.58. The van der Waals surface area contributed by atoms with Crippen LogP contribution in [0.15, 0.2) is 72.8 Å². The summed E-state index contributed by atoms with van der Waals surface area (Å²) in [4.78, 5) is 27.1. The highest BCUT2D eigenvalue weighted by Gasteiger charge is 2.34. The first kappa shape index (κ1) is 23.1. The first-order chi connectivity index (χ1) is 15.8. The average Bonchev–Trinajstić information content (AvgIpc) is 3.20. The first-order valence-electron chi connectivity index (χ1n) is 11.3. The van der Waals surface area contributed by atoms with Gasteiger partial charge in [0.05, 0.1) is 5.75 Å². The van der Waals surface area contributed by atoms with Gasteiger partial charge in [-0.05, 0) is 64.9 Å². The highest BCUT2D eigenvalue weighted by Crippen LogP contribution is 2.42. The van der Waals surface area contributed by atoms with Crippen molar-refractivity contribution in [2.75, 3.05) is 16.0 Å². The molecule has 1 heterocycles. The molecule has 1 atom stereocenters. The van der Waals surface area contributed by atoms with E-state index in [1.807, 2.05) is 65.6 Å². The number of aryl methyl sites for hydroxylation is 1. The molecule has 4 nitrogen and oxygen atoms in total. The van der Waals surface area contributed by atoms with Gasteiger partial charge in [-0.1, -0.05) is 64.1 Å². The standard InChI is InChI=1S/C28H30N2O2S/c1-5-19-6-8-20(9-7-19)26(32)29-23-14-10-21(11-15-23)27-30(25(31)18-33-27)24-16-12-22(13-17-24)28(2,3)4/h6-17,27H,5,18H2,1-4H3,(H,29,32)/t27-/m1/s1. The van der Waals surface area contributed by atoms with Crippen LogP contribution < -0.4 is 10.2 Å². The summed E-state index contributed by atoms with van der Waals surface area (Å²) in [5, 5.41) is 2.88. The summed E-state index contributed by atoms with van der Waals surface area (Å²) < 4.78 is 0. The Hall–Kier alpha value is -3.05. The topological polar surface area (TPSA) is 49.4 Å². The molecule has 0 spiro atoms. The van der Waals surface area contributed by atoms with Gasteiger partial charge in [-0.3, -0.25) is 14.5 Å². The quantitative estimate of drug-likeness (QED) is 0.470. The zero-order valence-corrected chi connectivity index (χ0v) is 20.4. The van der Waals surface area contributed by atoms with Gasteiger partial charge in [-0.15, -0.1) is 11.8 Å². The van der Waals surface area contributed by atoms with Crippen molar-refractivity contribution in [1.82, 2.24) is 0 Å². The normalized spacial score (nSPS) is 16.2. The van der Waals surface area contributed by atoms with Gasteiger partial charge in [-0.2, -0.15) is 0 Å². The number of hydrogen-bond acceptors (Lipinski definition) is 3. The van der Waals surface area contributed by atoms with Crippen molar-refractivity contribution in [3.05, 3.63) is 95.1 Å². The number of amides is 2. The van der Waals surface area contributed by atoms with Crippen LogP contribution in [0.1, 0.15) is 60.1 Å². The van der Waals surface area contributed by atoms with Crippen LogP contribution in [0.25, 0.3) is 0 Å².